The Balaban J connectivity index is 3.66. The summed E-state index contributed by atoms with van der Waals surface area (Å²) in [6, 6.07) is 0. The number of hydrogen-bond donors (Lipinski definition) is 0. The van der Waals surface area contributed by atoms with Gasteiger partial charge in [0.15, 0.2) is 8.32 Å². The van der Waals surface area contributed by atoms with Crippen molar-refractivity contribution in [1.29, 1.82) is 0 Å². The lowest BCUT2D eigenvalue weighted by atomic mass is 10.1. The zero-order chi connectivity index (χ0) is 13.4. The monoisotopic (exact) mass is 278 g/mol. The highest BCUT2D eigenvalue weighted by Crippen LogP contribution is 2.38. The van der Waals surface area contributed by atoms with Crippen molar-refractivity contribution in [3.63, 3.8) is 0 Å². The zero-order valence-corrected chi connectivity index (χ0v) is 14.2. The van der Waals surface area contributed by atoms with E-state index in [0.717, 1.165) is 6.61 Å². The SMILES string of the molecule is CCCCCCCCO[Si](C)(C)C(C)(C)CCl. The van der Waals surface area contributed by atoms with E-state index in [1.54, 1.807) is 0 Å². The topological polar surface area (TPSA) is 9.23 Å². The van der Waals surface area contributed by atoms with E-state index in [-0.39, 0.29) is 5.04 Å². The second kappa shape index (κ2) is 8.55. The summed E-state index contributed by atoms with van der Waals surface area (Å²) in [5.41, 5.74) is 0. The number of alkyl halides is 1. The summed E-state index contributed by atoms with van der Waals surface area (Å²) in [5.74, 6) is 0.697. The molecule has 0 aromatic rings. The van der Waals surface area contributed by atoms with Gasteiger partial charge in [-0.2, -0.15) is 0 Å². The Morgan fingerprint density at radius 3 is 2.06 bits per heavy atom. The molecule has 0 radical (unpaired) electrons. The molecular formula is C14H31ClOSi. The highest BCUT2D eigenvalue weighted by atomic mass is 35.5. The molecule has 0 saturated carbocycles. The van der Waals surface area contributed by atoms with Crippen LogP contribution < -0.4 is 0 Å². The van der Waals surface area contributed by atoms with Gasteiger partial charge in [0.05, 0.1) is 0 Å². The van der Waals surface area contributed by atoms with Crippen LogP contribution in [0.2, 0.25) is 18.1 Å². The first-order chi connectivity index (χ1) is 7.87. The fourth-order valence-corrected chi connectivity index (χ4v) is 3.90. The van der Waals surface area contributed by atoms with E-state index in [9.17, 15) is 0 Å². The largest absolute Gasteiger partial charge is 0.417 e. The summed E-state index contributed by atoms with van der Waals surface area (Å²) in [4.78, 5) is 0. The molecule has 0 aromatic carbocycles. The van der Waals surface area contributed by atoms with Crippen LogP contribution >= 0.6 is 11.6 Å². The first-order valence-electron chi connectivity index (χ1n) is 7.07. The van der Waals surface area contributed by atoms with Crippen molar-refractivity contribution in [3.8, 4) is 0 Å². The van der Waals surface area contributed by atoms with Crippen LogP contribution in [0, 0.1) is 0 Å². The van der Waals surface area contributed by atoms with Crippen molar-refractivity contribution in [2.45, 2.75) is 77.4 Å². The normalized spacial score (nSPS) is 13.1. The van der Waals surface area contributed by atoms with Crippen LogP contribution in [0.5, 0.6) is 0 Å². The first kappa shape index (κ1) is 17.5. The number of hydrogen-bond acceptors (Lipinski definition) is 1. The van der Waals surface area contributed by atoms with Crippen LogP contribution in [-0.2, 0) is 4.43 Å². The molecule has 0 saturated heterocycles. The van der Waals surface area contributed by atoms with Gasteiger partial charge in [-0.1, -0.05) is 52.9 Å². The Morgan fingerprint density at radius 2 is 1.53 bits per heavy atom. The molecule has 1 nitrogen and oxygen atoms in total. The van der Waals surface area contributed by atoms with Crippen LogP contribution in [-0.4, -0.2) is 20.8 Å². The maximum absolute atomic E-state index is 6.15. The average Bonchev–Trinajstić information content (AvgIpc) is 2.27. The van der Waals surface area contributed by atoms with Crippen molar-refractivity contribution >= 4 is 19.9 Å². The van der Waals surface area contributed by atoms with Gasteiger partial charge in [0.1, 0.15) is 0 Å². The Kier molecular flexibility index (Phi) is 8.78. The fraction of sp³-hybridized carbons (Fsp3) is 1.00. The molecule has 0 atom stereocenters. The standard InChI is InChI=1S/C14H31ClOSi/c1-6-7-8-9-10-11-12-16-17(4,5)14(2,3)13-15/h6-13H2,1-5H3. The summed E-state index contributed by atoms with van der Waals surface area (Å²) in [6.45, 7) is 12.2. The molecule has 0 heterocycles. The van der Waals surface area contributed by atoms with E-state index in [1.807, 2.05) is 0 Å². The minimum absolute atomic E-state index is 0.163. The third-order valence-corrected chi connectivity index (χ3v) is 9.18. The number of rotatable bonds is 10. The van der Waals surface area contributed by atoms with Gasteiger partial charge >= 0.3 is 0 Å². The van der Waals surface area contributed by atoms with Gasteiger partial charge in [-0.05, 0) is 24.6 Å². The highest BCUT2D eigenvalue weighted by molar-refractivity contribution is 6.74. The Labute approximate surface area is 114 Å². The summed E-state index contributed by atoms with van der Waals surface area (Å²) >= 11 is 6.03. The first-order valence-corrected chi connectivity index (χ1v) is 10.5. The quantitative estimate of drug-likeness (QED) is 0.288. The van der Waals surface area contributed by atoms with Gasteiger partial charge in [-0.15, -0.1) is 11.6 Å². The van der Waals surface area contributed by atoms with E-state index in [1.165, 1.54) is 38.5 Å². The maximum Gasteiger partial charge on any atom is 0.193 e. The molecule has 17 heavy (non-hydrogen) atoms. The number of halogens is 1. The fourth-order valence-electron chi connectivity index (χ4n) is 1.57. The minimum atomic E-state index is -1.64. The highest BCUT2D eigenvalue weighted by Gasteiger charge is 2.40. The minimum Gasteiger partial charge on any atom is -0.417 e. The van der Waals surface area contributed by atoms with Crippen LogP contribution in [0.4, 0.5) is 0 Å². The van der Waals surface area contributed by atoms with Gasteiger partial charge in [0.2, 0.25) is 0 Å². The van der Waals surface area contributed by atoms with Crippen molar-refractivity contribution < 1.29 is 4.43 Å². The Morgan fingerprint density at radius 1 is 1.00 bits per heavy atom. The van der Waals surface area contributed by atoms with Gasteiger partial charge in [-0.3, -0.25) is 0 Å². The van der Waals surface area contributed by atoms with Crippen molar-refractivity contribution in [1.82, 2.24) is 0 Å². The van der Waals surface area contributed by atoms with Gasteiger partial charge in [-0.25, -0.2) is 0 Å². The molecule has 104 valence electrons. The molecule has 0 aliphatic rings. The average molecular weight is 279 g/mol. The maximum atomic E-state index is 6.15. The molecule has 0 unspecified atom stereocenters. The molecule has 0 amide bonds. The lowest BCUT2D eigenvalue weighted by molar-refractivity contribution is 0.278. The molecule has 3 heteroatoms. The lowest BCUT2D eigenvalue weighted by Gasteiger charge is -2.37. The molecular weight excluding hydrogens is 248 g/mol. The lowest BCUT2D eigenvalue weighted by Crippen LogP contribution is -2.43. The summed E-state index contributed by atoms with van der Waals surface area (Å²) in [5, 5.41) is 0.163. The van der Waals surface area contributed by atoms with Crippen molar-refractivity contribution in [2.24, 2.45) is 0 Å². The zero-order valence-electron chi connectivity index (χ0n) is 12.4. The van der Waals surface area contributed by atoms with E-state index in [0.29, 0.717) is 5.88 Å². The van der Waals surface area contributed by atoms with Crippen LogP contribution in [0.1, 0.15) is 59.3 Å². The van der Waals surface area contributed by atoms with Gasteiger partial charge < -0.3 is 4.43 Å². The molecule has 0 rings (SSSR count). The molecule has 0 fully saturated rings. The van der Waals surface area contributed by atoms with Gasteiger partial charge in [0.25, 0.3) is 0 Å². The number of unbranched alkanes of at least 4 members (excludes halogenated alkanes) is 5. The summed E-state index contributed by atoms with van der Waals surface area (Å²) in [6.07, 6.45) is 7.95. The second-order valence-corrected chi connectivity index (χ2v) is 11.1. The van der Waals surface area contributed by atoms with Crippen molar-refractivity contribution in [3.05, 3.63) is 0 Å². The second-order valence-electron chi connectivity index (χ2n) is 6.14. The summed E-state index contributed by atoms with van der Waals surface area (Å²) in [7, 11) is -1.64. The molecule has 0 spiro atoms. The van der Waals surface area contributed by atoms with E-state index < -0.39 is 8.32 Å². The van der Waals surface area contributed by atoms with Gasteiger partial charge in [0, 0.05) is 12.5 Å². The molecule has 0 aliphatic heterocycles. The Bertz CT molecular complexity index is 193. The third kappa shape index (κ3) is 6.83. The van der Waals surface area contributed by atoms with Crippen molar-refractivity contribution in [2.75, 3.05) is 12.5 Å². The predicted octanol–water partition coefficient (Wildman–Crippen LogP) is 5.59. The van der Waals surface area contributed by atoms with Crippen LogP contribution in [0.15, 0.2) is 0 Å². The molecule has 0 aromatic heterocycles. The third-order valence-electron chi connectivity index (χ3n) is 3.92. The smallest absolute Gasteiger partial charge is 0.193 e. The Hall–Kier alpha value is 0.467. The molecule has 0 bridgehead atoms. The predicted molar refractivity (Wildman–Crippen MR) is 81.6 cm³/mol. The van der Waals surface area contributed by atoms with E-state index in [4.69, 9.17) is 16.0 Å². The summed E-state index contributed by atoms with van der Waals surface area (Å²) < 4.78 is 6.15. The molecule has 0 N–H and O–H groups in total. The van der Waals surface area contributed by atoms with E-state index >= 15 is 0 Å². The van der Waals surface area contributed by atoms with Crippen LogP contribution in [0.3, 0.4) is 0 Å². The molecule has 0 aliphatic carbocycles. The van der Waals surface area contributed by atoms with Crippen LogP contribution in [0.25, 0.3) is 0 Å². The van der Waals surface area contributed by atoms with E-state index in [2.05, 4.69) is 33.9 Å².